The van der Waals surface area contributed by atoms with Crippen LogP contribution in [0.3, 0.4) is 0 Å². The van der Waals surface area contributed by atoms with Gasteiger partial charge in [-0.05, 0) is 35.4 Å². The number of carbonyl (C=O) groups excluding carboxylic acids is 1. The lowest BCUT2D eigenvalue weighted by atomic mass is 10.0. The van der Waals surface area contributed by atoms with Gasteiger partial charge in [0.25, 0.3) is 5.91 Å². The van der Waals surface area contributed by atoms with Crippen LogP contribution in [0.2, 0.25) is 0 Å². The van der Waals surface area contributed by atoms with E-state index in [0.29, 0.717) is 12.1 Å². The summed E-state index contributed by atoms with van der Waals surface area (Å²) < 4.78 is 0. The number of rotatable bonds is 6. The van der Waals surface area contributed by atoms with Crippen molar-refractivity contribution in [1.82, 2.24) is 15.6 Å². The molecule has 4 heteroatoms. The summed E-state index contributed by atoms with van der Waals surface area (Å²) in [6.45, 7) is 0.685. The number of nitrogens with zero attached hydrogens (tertiary/aromatic N) is 1. The van der Waals surface area contributed by atoms with Crippen LogP contribution in [0, 0.1) is 0 Å². The van der Waals surface area contributed by atoms with Crippen LogP contribution in [-0.2, 0) is 6.54 Å². The fourth-order valence-corrected chi connectivity index (χ4v) is 2.72. The predicted octanol–water partition coefficient (Wildman–Crippen LogP) is 3.32. The van der Waals surface area contributed by atoms with Crippen molar-refractivity contribution < 1.29 is 4.79 Å². The standard InChI is InChI=1S/C21H21N3O/c1-22-21(25)18-12-10-16(11-13-18)15-24-20(17-7-3-2-4-8-17)19-9-5-6-14-23-19/h2-14,20,24H,15H2,1H3,(H,22,25)/t20-/m1/s1. The van der Waals surface area contributed by atoms with E-state index in [4.69, 9.17) is 0 Å². The molecule has 25 heavy (non-hydrogen) atoms. The Bertz CT molecular complexity index is 762. The topological polar surface area (TPSA) is 54.0 Å². The van der Waals surface area contributed by atoms with Gasteiger partial charge in [0.15, 0.2) is 0 Å². The monoisotopic (exact) mass is 331 g/mol. The molecule has 1 atom stereocenters. The molecule has 1 aromatic heterocycles. The van der Waals surface area contributed by atoms with E-state index >= 15 is 0 Å². The van der Waals surface area contributed by atoms with E-state index in [9.17, 15) is 4.79 Å². The van der Waals surface area contributed by atoms with E-state index in [1.54, 1.807) is 7.05 Å². The molecular weight excluding hydrogens is 310 g/mol. The van der Waals surface area contributed by atoms with Gasteiger partial charge in [-0.2, -0.15) is 0 Å². The summed E-state index contributed by atoms with van der Waals surface area (Å²) in [6, 6.07) is 23.9. The molecule has 0 bridgehead atoms. The second-order valence-electron chi connectivity index (χ2n) is 5.76. The number of hydrogen-bond donors (Lipinski definition) is 2. The molecule has 0 unspecified atom stereocenters. The van der Waals surface area contributed by atoms with E-state index in [-0.39, 0.29) is 11.9 Å². The Morgan fingerprint density at radius 2 is 1.68 bits per heavy atom. The summed E-state index contributed by atoms with van der Waals surface area (Å²) in [6.07, 6.45) is 1.81. The van der Waals surface area contributed by atoms with Gasteiger partial charge in [-0.15, -0.1) is 0 Å². The molecule has 2 N–H and O–H groups in total. The fraction of sp³-hybridized carbons (Fsp3) is 0.143. The number of pyridine rings is 1. The maximum absolute atomic E-state index is 11.6. The lowest BCUT2D eigenvalue weighted by Gasteiger charge is -2.19. The van der Waals surface area contributed by atoms with Crippen LogP contribution >= 0.6 is 0 Å². The van der Waals surface area contributed by atoms with Crippen molar-refractivity contribution in [3.63, 3.8) is 0 Å². The first-order chi connectivity index (χ1) is 12.3. The van der Waals surface area contributed by atoms with Gasteiger partial charge in [0.2, 0.25) is 0 Å². The summed E-state index contributed by atoms with van der Waals surface area (Å²) in [7, 11) is 1.63. The van der Waals surface area contributed by atoms with E-state index in [0.717, 1.165) is 11.3 Å². The number of benzene rings is 2. The second-order valence-corrected chi connectivity index (χ2v) is 5.76. The third-order valence-electron chi connectivity index (χ3n) is 4.07. The number of amides is 1. The summed E-state index contributed by atoms with van der Waals surface area (Å²) in [4.78, 5) is 16.1. The SMILES string of the molecule is CNC(=O)c1ccc(CN[C@H](c2ccccc2)c2ccccn2)cc1. The van der Waals surface area contributed by atoms with Crippen LogP contribution in [0.1, 0.15) is 33.2 Å². The molecule has 4 nitrogen and oxygen atoms in total. The number of aromatic nitrogens is 1. The summed E-state index contributed by atoms with van der Waals surface area (Å²) in [5.41, 5.74) is 3.93. The molecule has 0 aliphatic carbocycles. The van der Waals surface area contributed by atoms with E-state index < -0.39 is 0 Å². The van der Waals surface area contributed by atoms with Gasteiger partial charge in [-0.25, -0.2) is 0 Å². The molecule has 1 heterocycles. The first kappa shape index (κ1) is 16.9. The zero-order valence-corrected chi connectivity index (χ0v) is 14.1. The quantitative estimate of drug-likeness (QED) is 0.728. The van der Waals surface area contributed by atoms with Crippen LogP contribution in [-0.4, -0.2) is 17.9 Å². The first-order valence-corrected chi connectivity index (χ1v) is 8.28. The average Bonchev–Trinajstić information content (AvgIpc) is 2.70. The highest BCUT2D eigenvalue weighted by molar-refractivity contribution is 5.93. The maximum atomic E-state index is 11.6. The molecule has 0 radical (unpaired) electrons. The van der Waals surface area contributed by atoms with Crippen molar-refractivity contribution in [3.05, 3.63) is 101 Å². The molecule has 0 aliphatic heterocycles. The molecule has 0 spiro atoms. The summed E-state index contributed by atoms with van der Waals surface area (Å²) in [5.74, 6) is -0.0739. The summed E-state index contributed by atoms with van der Waals surface area (Å²) in [5, 5.41) is 6.20. The summed E-state index contributed by atoms with van der Waals surface area (Å²) >= 11 is 0. The minimum absolute atomic E-state index is 0.0148. The van der Waals surface area contributed by atoms with E-state index in [1.807, 2.05) is 66.9 Å². The Hall–Kier alpha value is -2.98. The van der Waals surface area contributed by atoms with Crippen LogP contribution < -0.4 is 10.6 Å². The molecule has 0 fully saturated rings. The highest BCUT2D eigenvalue weighted by Gasteiger charge is 2.14. The average molecular weight is 331 g/mol. The molecule has 3 aromatic rings. The van der Waals surface area contributed by atoms with Crippen molar-refractivity contribution in [2.24, 2.45) is 0 Å². The number of nitrogens with one attached hydrogen (secondary N) is 2. The molecule has 0 aliphatic rings. The molecule has 2 aromatic carbocycles. The highest BCUT2D eigenvalue weighted by Crippen LogP contribution is 2.20. The van der Waals surface area contributed by atoms with Crippen LogP contribution in [0.5, 0.6) is 0 Å². The third-order valence-corrected chi connectivity index (χ3v) is 4.07. The van der Waals surface area contributed by atoms with E-state index in [1.165, 1.54) is 5.56 Å². The molecular formula is C21H21N3O. The van der Waals surface area contributed by atoms with Crippen LogP contribution in [0.15, 0.2) is 79.0 Å². The molecule has 126 valence electrons. The van der Waals surface area contributed by atoms with Gasteiger partial charge < -0.3 is 10.6 Å². The smallest absolute Gasteiger partial charge is 0.251 e. The third kappa shape index (κ3) is 4.31. The van der Waals surface area contributed by atoms with Crippen molar-refractivity contribution >= 4 is 5.91 Å². The van der Waals surface area contributed by atoms with Gasteiger partial charge in [-0.3, -0.25) is 9.78 Å². The molecule has 1 amide bonds. The van der Waals surface area contributed by atoms with Crippen LogP contribution in [0.25, 0.3) is 0 Å². The number of hydrogen-bond acceptors (Lipinski definition) is 3. The Balaban J connectivity index is 1.76. The Morgan fingerprint density at radius 3 is 2.32 bits per heavy atom. The zero-order chi connectivity index (χ0) is 17.5. The lowest BCUT2D eigenvalue weighted by Crippen LogP contribution is -2.23. The van der Waals surface area contributed by atoms with Crippen molar-refractivity contribution in [2.45, 2.75) is 12.6 Å². The molecule has 3 rings (SSSR count). The minimum Gasteiger partial charge on any atom is -0.355 e. The van der Waals surface area contributed by atoms with E-state index in [2.05, 4.69) is 27.8 Å². The van der Waals surface area contributed by atoms with Crippen molar-refractivity contribution in [3.8, 4) is 0 Å². The predicted molar refractivity (Wildman–Crippen MR) is 99.2 cm³/mol. The largest absolute Gasteiger partial charge is 0.355 e. The van der Waals surface area contributed by atoms with Gasteiger partial charge in [0, 0.05) is 25.4 Å². The highest BCUT2D eigenvalue weighted by atomic mass is 16.1. The van der Waals surface area contributed by atoms with Gasteiger partial charge >= 0.3 is 0 Å². The Morgan fingerprint density at radius 1 is 0.960 bits per heavy atom. The fourth-order valence-electron chi connectivity index (χ4n) is 2.72. The zero-order valence-electron chi connectivity index (χ0n) is 14.1. The second kappa shape index (κ2) is 8.22. The number of carbonyl (C=O) groups is 1. The van der Waals surface area contributed by atoms with Crippen LogP contribution in [0.4, 0.5) is 0 Å². The van der Waals surface area contributed by atoms with Gasteiger partial charge in [0.1, 0.15) is 0 Å². The molecule has 0 saturated carbocycles. The van der Waals surface area contributed by atoms with Gasteiger partial charge in [0.05, 0.1) is 11.7 Å². The maximum Gasteiger partial charge on any atom is 0.251 e. The molecule has 0 saturated heterocycles. The Kier molecular flexibility index (Phi) is 5.54. The minimum atomic E-state index is -0.0739. The van der Waals surface area contributed by atoms with Crippen molar-refractivity contribution in [1.29, 1.82) is 0 Å². The van der Waals surface area contributed by atoms with Crippen molar-refractivity contribution in [2.75, 3.05) is 7.05 Å². The van der Waals surface area contributed by atoms with Gasteiger partial charge in [-0.1, -0.05) is 48.5 Å². The first-order valence-electron chi connectivity index (χ1n) is 8.28. The lowest BCUT2D eigenvalue weighted by molar-refractivity contribution is 0.0963. The normalized spacial score (nSPS) is 11.7. The Labute approximate surface area is 147 Å².